The second kappa shape index (κ2) is 7.35. The Morgan fingerprint density at radius 3 is 2.54 bits per heavy atom. The van der Waals surface area contributed by atoms with Gasteiger partial charge in [0.05, 0.1) is 12.2 Å². The summed E-state index contributed by atoms with van der Waals surface area (Å²) in [5.41, 5.74) is 2.01. The van der Waals surface area contributed by atoms with E-state index in [2.05, 4.69) is 10.4 Å². The topological polar surface area (TPSA) is 50.2 Å². The lowest BCUT2D eigenvalue weighted by molar-refractivity contribution is -0.173. The first-order chi connectivity index (χ1) is 13.3. The van der Waals surface area contributed by atoms with E-state index in [0.29, 0.717) is 13.1 Å². The van der Waals surface area contributed by atoms with Crippen molar-refractivity contribution in [3.8, 4) is 0 Å². The number of alkyl halides is 3. The molecule has 0 spiro atoms. The molecule has 0 bridgehead atoms. The van der Waals surface area contributed by atoms with Crippen molar-refractivity contribution < 1.29 is 18.0 Å². The fourth-order valence-corrected chi connectivity index (χ4v) is 4.58. The Morgan fingerprint density at radius 1 is 1.21 bits per heavy atom. The first-order valence-electron chi connectivity index (χ1n) is 9.19. The van der Waals surface area contributed by atoms with Crippen molar-refractivity contribution in [3.63, 3.8) is 0 Å². The molecule has 0 radical (unpaired) electrons. The summed E-state index contributed by atoms with van der Waals surface area (Å²) in [5, 5.41) is 7.10. The van der Waals surface area contributed by atoms with E-state index in [1.165, 1.54) is 6.20 Å². The maximum Gasteiger partial charge on any atom is 0.410 e. The Hall–Kier alpha value is -2.16. The lowest BCUT2D eigenvalue weighted by atomic mass is 9.96. The highest BCUT2D eigenvalue weighted by Crippen LogP contribution is 2.44. The number of thioether (sulfide) groups is 1. The summed E-state index contributed by atoms with van der Waals surface area (Å²) in [6, 6.07) is 5.10. The summed E-state index contributed by atoms with van der Waals surface area (Å²) in [6.45, 7) is 3.12. The van der Waals surface area contributed by atoms with E-state index >= 15 is 0 Å². The summed E-state index contributed by atoms with van der Waals surface area (Å²) in [4.78, 5) is 14.6. The van der Waals surface area contributed by atoms with E-state index < -0.39 is 18.3 Å². The van der Waals surface area contributed by atoms with Crippen LogP contribution in [-0.2, 0) is 0 Å². The van der Waals surface area contributed by atoms with Crippen molar-refractivity contribution in [1.29, 1.82) is 0 Å². The van der Waals surface area contributed by atoms with Crippen LogP contribution in [-0.4, -0.2) is 51.4 Å². The number of carbonyl (C=O) groups is 1. The van der Waals surface area contributed by atoms with Crippen LogP contribution >= 0.6 is 11.8 Å². The number of amides is 1. The van der Waals surface area contributed by atoms with Gasteiger partial charge < -0.3 is 10.2 Å². The molecule has 28 heavy (non-hydrogen) atoms. The molecule has 1 aromatic heterocycles. The Labute approximate surface area is 165 Å². The van der Waals surface area contributed by atoms with Gasteiger partial charge in [-0.25, -0.2) is 4.68 Å². The summed E-state index contributed by atoms with van der Waals surface area (Å²) < 4.78 is 42.2. The first kappa shape index (κ1) is 19.2. The Morgan fingerprint density at radius 2 is 1.89 bits per heavy atom. The van der Waals surface area contributed by atoms with Gasteiger partial charge in [-0.2, -0.15) is 30.0 Å². The maximum absolute atomic E-state index is 13.8. The smallest absolute Gasteiger partial charge is 0.363 e. The molecule has 0 unspecified atom stereocenters. The number of benzene rings is 1. The van der Waals surface area contributed by atoms with Crippen LogP contribution < -0.4 is 5.32 Å². The molecule has 1 saturated heterocycles. The minimum atomic E-state index is -4.45. The fourth-order valence-electron chi connectivity index (χ4n) is 3.67. The zero-order valence-electron chi connectivity index (χ0n) is 15.4. The number of fused-ring (bicyclic) bond motifs is 1. The highest BCUT2D eigenvalue weighted by Gasteiger charge is 2.47. The number of aryl methyl sites for hydroxylation is 1. The molecular formula is C19H21F3N4OS. The standard InChI is InChI=1S/C19H21F3N4OS/c1-12-2-4-13(5-3-12)15-10-16(19(20,21)22)26-17(24-15)14(11-23-26)18(27)25-6-8-28-9-7-25/h2-5,11,15-16,24H,6-10H2,1H3/t15-,16-/m1/s1. The molecular weight excluding hydrogens is 389 g/mol. The van der Waals surface area contributed by atoms with Crippen molar-refractivity contribution in [2.45, 2.75) is 31.6 Å². The van der Waals surface area contributed by atoms with Crippen molar-refractivity contribution in [3.05, 3.63) is 47.2 Å². The second-order valence-corrected chi connectivity index (χ2v) is 8.38. The minimum absolute atomic E-state index is 0.155. The lowest BCUT2D eigenvalue weighted by Crippen LogP contribution is -2.39. The molecule has 2 atom stereocenters. The number of aromatic nitrogens is 2. The molecule has 1 N–H and O–H groups in total. The molecule has 1 amide bonds. The molecule has 3 heterocycles. The van der Waals surface area contributed by atoms with Gasteiger partial charge in [0.25, 0.3) is 5.91 Å². The van der Waals surface area contributed by atoms with Crippen molar-refractivity contribution in [2.75, 3.05) is 29.9 Å². The van der Waals surface area contributed by atoms with Gasteiger partial charge in [0.15, 0.2) is 6.04 Å². The van der Waals surface area contributed by atoms with E-state index in [9.17, 15) is 18.0 Å². The van der Waals surface area contributed by atoms with Gasteiger partial charge in [-0.3, -0.25) is 4.79 Å². The summed E-state index contributed by atoms with van der Waals surface area (Å²) in [7, 11) is 0. The largest absolute Gasteiger partial charge is 0.410 e. The Balaban J connectivity index is 1.70. The predicted molar refractivity (Wildman–Crippen MR) is 103 cm³/mol. The molecule has 1 fully saturated rings. The summed E-state index contributed by atoms with van der Waals surface area (Å²) in [6.07, 6.45) is -3.36. The predicted octanol–water partition coefficient (Wildman–Crippen LogP) is 4.04. The molecule has 0 saturated carbocycles. The third-order valence-electron chi connectivity index (χ3n) is 5.25. The molecule has 2 aliphatic rings. The maximum atomic E-state index is 13.8. The average molecular weight is 410 g/mol. The molecule has 150 valence electrons. The van der Waals surface area contributed by atoms with Crippen LogP contribution in [0.1, 0.15) is 40.0 Å². The summed E-state index contributed by atoms with van der Waals surface area (Å²) in [5.74, 6) is 1.56. The number of anilines is 1. The molecule has 2 aliphatic heterocycles. The highest BCUT2D eigenvalue weighted by atomic mass is 32.2. The number of hydrogen-bond donors (Lipinski definition) is 1. The first-order valence-corrected chi connectivity index (χ1v) is 10.3. The molecule has 0 aliphatic carbocycles. The number of nitrogens with one attached hydrogen (secondary N) is 1. The van der Waals surface area contributed by atoms with Gasteiger partial charge in [-0.05, 0) is 12.5 Å². The summed E-state index contributed by atoms with van der Waals surface area (Å²) >= 11 is 1.77. The van der Waals surface area contributed by atoms with Crippen LogP contribution in [0.25, 0.3) is 0 Å². The molecule has 4 rings (SSSR count). The Kier molecular flexibility index (Phi) is 5.03. The van der Waals surface area contributed by atoms with Crippen LogP contribution in [0.15, 0.2) is 30.5 Å². The van der Waals surface area contributed by atoms with Crippen LogP contribution in [0.3, 0.4) is 0 Å². The van der Waals surface area contributed by atoms with E-state index in [1.54, 1.807) is 16.7 Å². The highest BCUT2D eigenvalue weighted by molar-refractivity contribution is 7.99. The third-order valence-corrected chi connectivity index (χ3v) is 6.19. The lowest BCUT2D eigenvalue weighted by Gasteiger charge is -2.34. The van der Waals surface area contributed by atoms with Crippen molar-refractivity contribution in [1.82, 2.24) is 14.7 Å². The third kappa shape index (κ3) is 3.59. The van der Waals surface area contributed by atoms with E-state index in [-0.39, 0.29) is 23.7 Å². The second-order valence-electron chi connectivity index (χ2n) is 7.16. The number of rotatable bonds is 2. The molecule has 5 nitrogen and oxygen atoms in total. The number of carbonyl (C=O) groups excluding carboxylic acids is 1. The van der Waals surface area contributed by atoms with Crippen LogP contribution in [0.2, 0.25) is 0 Å². The monoisotopic (exact) mass is 410 g/mol. The molecule has 9 heteroatoms. The van der Waals surface area contributed by atoms with E-state index in [1.807, 2.05) is 31.2 Å². The Bertz CT molecular complexity index is 859. The van der Waals surface area contributed by atoms with Gasteiger partial charge in [0.2, 0.25) is 0 Å². The van der Waals surface area contributed by atoms with Crippen molar-refractivity contribution >= 4 is 23.5 Å². The molecule has 2 aromatic rings. The zero-order valence-corrected chi connectivity index (χ0v) is 16.2. The average Bonchev–Trinajstić information content (AvgIpc) is 3.11. The van der Waals surface area contributed by atoms with Gasteiger partial charge in [0, 0.05) is 31.0 Å². The van der Waals surface area contributed by atoms with Gasteiger partial charge in [-0.1, -0.05) is 29.8 Å². The number of halogens is 3. The van der Waals surface area contributed by atoms with Crippen LogP contribution in [0.5, 0.6) is 0 Å². The number of hydrogen-bond acceptors (Lipinski definition) is 4. The van der Waals surface area contributed by atoms with Gasteiger partial charge in [-0.15, -0.1) is 0 Å². The van der Waals surface area contributed by atoms with Crippen LogP contribution in [0.4, 0.5) is 19.0 Å². The minimum Gasteiger partial charge on any atom is -0.363 e. The fraction of sp³-hybridized carbons (Fsp3) is 0.474. The van der Waals surface area contributed by atoms with Crippen LogP contribution in [0, 0.1) is 6.92 Å². The quantitative estimate of drug-likeness (QED) is 0.812. The van der Waals surface area contributed by atoms with Crippen molar-refractivity contribution in [2.24, 2.45) is 0 Å². The normalized spacial score (nSPS) is 22.5. The van der Waals surface area contributed by atoms with E-state index in [0.717, 1.165) is 27.3 Å². The van der Waals surface area contributed by atoms with Gasteiger partial charge in [0.1, 0.15) is 11.4 Å². The van der Waals surface area contributed by atoms with E-state index in [4.69, 9.17) is 0 Å². The SMILES string of the molecule is Cc1ccc([C@H]2C[C@H](C(F)(F)F)n3ncc(C(=O)N4CCSCC4)c3N2)cc1. The molecule has 1 aromatic carbocycles. The zero-order chi connectivity index (χ0) is 19.9. The van der Waals surface area contributed by atoms with Gasteiger partial charge >= 0.3 is 6.18 Å². The number of nitrogens with zero attached hydrogens (tertiary/aromatic N) is 3.